The van der Waals surface area contributed by atoms with Gasteiger partial charge in [0, 0.05) is 48.5 Å². The summed E-state index contributed by atoms with van der Waals surface area (Å²) in [6.45, 7) is 7.08. The third-order valence-electron chi connectivity index (χ3n) is 13.0. The van der Waals surface area contributed by atoms with Gasteiger partial charge in [0.2, 0.25) is 35.4 Å². The molecule has 414 valence electrons. The van der Waals surface area contributed by atoms with Crippen LogP contribution in [0.5, 0.6) is 0 Å². The molecule has 4 rings (SSSR count). The number of amides is 7. The highest BCUT2D eigenvalue weighted by Gasteiger charge is 2.36. The van der Waals surface area contributed by atoms with E-state index in [0.717, 1.165) is 5.56 Å². The van der Waals surface area contributed by atoms with Gasteiger partial charge in [-0.25, -0.2) is 0 Å². The van der Waals surface area contributed by atoms with Gasteiger partial charge in [-0.05, 0) is 107 Å². The van der Waals surface area contributed by atoms with Crippen molar-refractivity contribution in [3.63, 3.8) is 0 Å². The highest BCUT2D eigenvalue weighted by molar-refractivity contribution is 6.00. The van der Waals surface area contributed by atoms with Gasteiger partial charge in [0.15, 0.2) is 11.6 Å². The summed E-state index contributed by atoms with van der Waals surface area (Å²) in [5, 5.41) is 19.3. The summed E-state index contributed by atoms with van der Waals surface area (Å²) in [6, 6.07) is 14.1. The minimum absolute atomic E-state index is 0.00400. The number of Topliss-reactive ketones (excluding diaryl/α,β-unsaturated/α-hetero) is 2. The largest absolute Gasteiger partial charge is 0.354 e. The molecule has 2 heterocycles. The van der Waals surface area contributed by atoms with E-state index >= 15 is 0 Å². The minimum Gasteiger partial charge on any atom is -0.354 e. The maximum atomic E-state index is 14.6. The summed E-state index contributed by atoms with van der Waals surface area (Å²) in [5.41, 5.74) is 26.1. The summed E-state index contributed by atoms with van der Waals surface area (Å²) >= 11 is 0. The fourth-order valence-corrected chi connectivity index (χ4v) is 8.96. The van der Waals surface area contributed by atoms with Crippen LogP contribution in [0, 0.1) is 23.7 Å². The number of ketones is 2. The molecule has 1 fully saturated rings. The van der Waals surface area contributed by atoms with Gasteiger partial charge in [0.05, 0.1) is 17.8 Å². The van der Waals surface area contributed by atoms with E-state index in [-0.39, 0.29) is 101 Å². The molecule has 1 aromatic heterocycles. The van der Waals surface area contributed by atoms with Gasteiger partial charge >= 0.3 is 0 Å². The van der Waals surface area contributed by atoms with Crippen LogP contribution in [0.25, 0.3) is 11.3 Å². The highest BCUT2D eigenvalue weighted by atomic mass is 16.2. The monoisotopic (exact) mass is 1050 g/mol. The van der Waals surface area contributed by atoms with Crippen molar-refractivity contribution >= 4 is 52.9 Å². The Morgan fingerprint density at radius 1 is 0.605 bits per heavy atom. The molecule has 7 amide bonds. The van der Waals surface area contributed by atoms with E-state index in [9.17, 15) is 43.2 Å². The molecule has 0 radical (unpaired) electrons. The Labute approximate surface area is 445 Å². The van der Waals surface area contributed by atoms with E-state index in [1.54, 1.807) is 36.4 Å². The number of carbonyl (C=O) groups is 9. The third kappa shape index (κ3) is 20.0. The van der Waals surface area contributed by atoms with Crippen LogP contribution < -0.4 is 60.2 Å². The molecule has 8 atom stereocenters. The number of aromatic nitrogens is 1. The van der Waals surface area contributed by atoms with E-state index < -0.39 is 114 Å². The molecule has 1 aliphatic rings. The molecule has 0 bridgehead atoms. The Hall–Kier alpha value is -6.94. The molecule has 0 aliphatic carbocycles. The zero-order chi connectivity index (χ0) is 55.7. The van der Waals surface area contributed by atoms with Gasteiger partial charge in [0.25, 0.3) is 5.91 Å². The smallest absolute Gasteiger partial charge is 0.251 e. The molecule has 0 unspecified atom stereocenters. The normalized spacial score (nSPS) is 22.3. The Balaban J connectivity index is 1.75. The van der Waals surface area contributed by atoms with Gasteiger partial charge in [-0.15, -0.1) is 0 Å². The molecule has 21 heteroatoms. The summed E-state index contributed by atoms with van der Waals surface area (Å²) in [5.74, 6) is -8.35. The average molecular weight is 1050 g/mol. The van der Waals surface area contributed by atoms with Crippen molar-refractivity contribution in [2.75, 3.05) is 32.7 Å². The van der Waals surface area contributed by atoms with E-state index in [4.69, 9.17) is 22.9 Å². The second kappa shape index (κ2) is 31.8. The molecule has 15 N–H and O–H groups in total. The van der Waals surface area contributed by atoms with Crippen molar-refractivity contribution in [2.24, 2.45) is 46.6 Å². The fraction of sp³-hybridized carbons (Fsp3) is 0.527. The number of nitrogens with one attached hydrogen (secondary N) is 7. The maximum Gasteiger partial charge on any atom is 0.251 e. The van der Waals surface area contributed by atoms with Gasteiger partial charge in [-0.2, -0.15) is 0 Å². The van der Waals surface area contributed by atoms with Crippen LogP contribution >= 0.6 is 0 Å². The van der Waals surface area contributed by atoms with Crippen LogP contribution in [-0.4, -0.2) is 127 Å². The first-order chi connectivity index (χ1) is 36.4. The van der Waals surface area contributed by atoms with Gasteiger partial charge < -0.3 is 60.2 Å². The second-order valence-corrected chi connectivity index (χ2v) is 20.2. The van der Waals surface area contributed by atoms with Gasteiger partial charge in [-0.1, -0.05) is 88.4 Å². The number of rotatable bonds is 20. The van der Waals surface area contributed by atoms with E-state index in [1.165, 1.54) is 12.3 Å². The van der Waals surface area contributed by atoms with Crippen LogP contribution in [0.1, 0.15) is 101 Å². The Bertz CT molecular complexity index is 2410. The molecule has 76 heavy (non-hydrogen) atoms. The number of nitrogens with two attached hydrogens (primary N) is 4. The number of nitrogens with zero attached hydrogens (tertiary/aromatic N) is 1. The Morgan fingerprint density at radius 2 is 1.11 bits per heavy atom. The molecule has 0 spiro atoms. The molecule has 0 saturated carbocycles. The lowest BCUT2D eigenvalue weighted by atomic mass is 9.89. The Morgan fingerprint density at radius 3 is 1.67 bits per heavy atom. The standard InChI is InChI=1S/C55H80N12O9/c1-33(2)27-45-52(73)61-26-20-38(31-47(68)40(15-21-56)62-49(70)37-19-25-60-44(30-37)36-13-9-6-10-14-36)50(71)63-41(16-22-57)48(69)32-39(29-35-11-7-5-8-12-35)51(72)66-46(28-34(3)4)55(76)65-42(17-23-58)53(74)64-43(18-24-59)54(75)67-45/h5-14,19,25,30,33-34,38-43,45-46H,15-18,20-24,26-29,31-32,56-59H2,1-4H3,(H,61,73)(H,62,70)(H,63,71)(H,64,74)(H,65,76)(H,66,72)(H,67,75)/t38-,39+,40-,41+,42+,43+,45+,46+/m1/s1. The van der Waals surface area contributed by atoms with Crippen LogP contribution in [-0.2, 0) is 44.8 Å². The molecular formula is C55H80N12O9. The zero-order valence-electron chi connectivity index (χ0n) is 44.3. The van der Waals surface area contributed by atoms with Crippen LogP contribution in [0.15, 0.2) is 79.0 Å². The number of carbonyl (C=O) groups excluding carboxylic acids is 9. The lowest BCUT2D eigenvalue weighted by Gasteiger charge is -2.28. The summed E-state index contributed by atoms with van der Waals surface area (Å²) < 4.78 is 0. The first-order valence-electron chi connectivity index (χ1n) is 26.4. The first kappa shape index (κ1) is 61.6. The number of hydrogen-bond acceptors (Lipinski definition) is 14. The molecule has 21 nitrogen and oxygen atoms in total. The number of benzene rings is 2. The predicted molar refractivity (Wildman–Crippen MR) is 288 cm³/mol. The Kier molecular flexibility index (Phi) is 25.8. The quantitative estimate of drug-likeness (QED) is 0.0742. The van der Waals surface area contributed by atoms with Crippen molar-refractivity contribution in [3.05, 3.63) is 90.1 Å². The predicted octanol–water partition coefficient (Wildman–Crippen LogP) is 0.672. The van der Waals surface area contributed by atoms with Crippen molar-refractivity contribution < 1.29 is 43.2 Å². The zero-order valence-corrected chi connectivity index (χ0v) is 44.3. The third-order valence-corrected chi connectivity index (χ3v) is 13.0. The molecule has 1 saturated heterocycles. The van der Waals surface area contributed by atoms with Crippen molar-refractivity contribution in [1.82, 2.24) is 42.2 Å². The summed E-state index contributed by atoms with van der Waals surface area (Å²) in [6.07, 6.45) is 0.740. The van der Waals surface area contributed by atoms with E-state index in [0.29, 0.717) is 11.3 Å². The van der Waals surface area contributed by atoms with Gasteiger partial charge in [-0.3, -0.25) is 48.1 Å². The number of hydrogen-bond donors (Lipinski definition) is 11. The van der Waals surface area contributed by atoms with Crippen LogP contribution in [0.2, 0.25) is 0 Å². The average Bonchev–Trinajstić information content (AvgIpc) is 3.39. The highest BCUT2D eigenvalue weighted by Crippen LogP contribution is 2.21. The molecular weight excluding hydrogens is 973 g/mol. The van der Waals surface area contributed by atoms with Gasteiger partial charge in [0.1, 0.15) is 24.2 Å². The lowest BCUT2D eigenvalue weighted by molar-refractivity contribution is -0.136. The topological polar surface area (TPSA) is 355 Å². The lowest BCUT2D eigenvalue weighted by Crippen LogP contribution is -2.59. The first-order valence-corrected chi connectivity index (χ1v) is 26.4. The molecule has 3 aromatic rings. The van der Waals surface area contributed by atoms with Crippen molar-refractivity contribution in [3.8, 4) is 11.3 Å². The van der Waals surface area contributed by atoms with E-state index in [1.807, 2.05) is 58.0 Å². The van der Waals surface area contributed by atoms with E-state index in [2.05, 4.69) is 42.2 Å². The SMILES string of the molecule is CC(C)C[C@@H]1NC(=O)[C@@H](Cc2ccccc2)CC(=O)[C@H](CCN)NC(=O)[C@@H](CC(=O)[C@@H](CCN)NC(=O)c2ccnc(-c3ccccc3)c2)CCNC(=O)[C@H](CC(C)C)NC(=O)[C@H](CCN)NC(=O)[C@H](CCN)NC1=O. The maximum absolute atomic E-state index is 14.6. The number of pyridine rings is 1. The molecule has 2 aromatic carbocycles. The van der Waals surface area contributed by atoms with Crippen LogP contribution in [0.4, 0.5) is 0 Å². The van der Waals surface area contributed by atoms with Crippen LogP contribution in [0.3, 0.4) is 0 Å². The fourth-order valence-electron chi connectivity index (χ4n) is 8.96. The van der Waals surface area contributed by atoms with Crippen molar-refractivity contribution in [2.45, 2.75) is 128 Å². The van der Waals surface area contributed by atoms with Crippen molar-refractivity contribution in [1.29, 1.82) is 0 Å². The summed E-state index contributed by atoms with van der Waals surface area (Å²) in [4.78, 5) is 132. The molecule has 1 aliphatic heterocycles. The summed E-state index contributed by atoms with van der Waals surface area (Å²) in [7, 11) is 0. The second-order valence-electron chi connectivity index (χ2n) is 20.2. The minimum atomic E-state index is -1.24.